The van der Waals surface area contributed by atoms with Crippen LogP contribution >= 0.6 is 19.4 Å². The van der Waals surface area contributed by atoms with Crippen LogP contribution in [0.5, 0.6) is 0 Å². The summed E-state index contributed by atoms with van der Waals surface area (Å²) in [5, 5.41) is 0. The highest BCUT2D eigenvalue weighted by Gasteiger charge is 2.12. The second-order valence-electron chi connectivity index (χ2n) is 3.57. The Morgan fingerprint density at radius 2 is 2.17 bits per heavy atom. The average molecular weight is 289 g/mol. The van der Waals surface area contributed by atoms with Crippen molar-refractivity contribution in [2.45, 2.75) is 6.54 Å². The number of imidazole rings is 1. The molecule has 0 saturated carbocycles. The lowest BCUT2D eigenvalue weighted by atomic mass is 10.5. The quantitative estimate of drug-likeness (QED) is 0.529. The zero-order valence-electron chi connectivity index (χ0n) is 9.30. The van der Waals surface area contributed by atoms with Gasteiger partial charge in [-0.1, -0.05) is 0 Å². The Balaban J connectivity index is 2.00. The SMILES string of the molecule is Nc1ncnc2c1ncn2CCSCP(=O)(O)O. The second kappa shape index (κ2) is 5.23. The second-order valence-corrected chi connectivity index (χ2v) is 6.75. The predicted octanol–water partition coefficient (Wildman–Crippen LogP) is 0.277. The molecule has 18 heavy (non-hydrogen) atoms. The van der Waals surface area contributed by atoms with E-state index < -0.39 is 7.60 Å². The maximum absolute atomic E-state index is 10.7. The van der Waals surface area contributed by atoms with Crippen molar-refractivity contribution in [1.29, 1.82) is 0 Å². The summed E-state index contributed by atoms with van der Waals surface area (Å²) in [5.74, 6) is 0.877. The fourth-order valence-electron chi connectivity index (χ4n) is 1.41. The number of rotatable bonds is 5. The molecular formula is C8H12N5O3PS. The molecular weight excluding hydrogens is 277 g/mol. The zero-order valence-corrected chi connectivity index (χ0v) is 11.0. The minimum absolute atomic E-state index is 0.184. The van der Waals surface area contributed by atoms with E-state index in [0.717, 1.165) is 0 Å². The first-order valence-corrected chi connectivity index (χ1v) is 7.96. The van der Waals surface area contributed by atoms with Crippen LogP contribution in [0.3, 0.4) is 0 Å². The minimum Gasteiger partial charge on any atom is -0.382 e. The standard InChI is InChI=1S/C8H12N5O3PS/c9-7-6-8(11-3-10-7)13(4-12-6)1-2-18-5-17(14,15)16/h3-4H,1-2,5H2,(H2,9,10,11)(H2,14,15,16). The van der Waals surface area contributed by atoms with Crippen molar-refractivity contribution in [2.75, 3.05) is 17.0 Å². The zero-order chi connectivity index (χ0) is 13.2. The molecule has 0 bridgehead atoms. The van der Waals surface area contributed by atoms with Crippen molar-refractivity contribution in [1.82, 2.24) is 19.5 Å². The topological polar surface area (TPSA) is 127 Å². The highest BCUT2D eigenvalue weighted by Crippen LogP contribution is 2.38. The van der Waals surface area contributed by atoms with E-state index in [1.165, 1.54) is 18.1 Å². The molecule has 0 aliphatic heterocycles. The first kappa shape index (κ1) is 13.3. The highest BCUT2D eigenvalue weighted by atomic mass is 32.2. The summed E-state index contributed by atoms with van der Waals surface area (Å²) in [6.07, 6.45) is 2.95. The average Bonchev–Trinajstić information content (AvgIpc) is 2.68. The van der Waals surface area contributed by atoms with Crippen LogP contribution in [0.15, 0.2) is 12.7 Å². The molecule has 0 fully saturated rings. The van der Waals surface area contributed by atoms with Gasteiger partial charge in [-0.25, -0.2) is 15.0 Å². The number of nitrogen functional groups attached to an aromatic ring is 1. The smallest absolute Gasteiger partial charge is 0.335 e. The molecule has 10 heteroatoms. The predicted molar refractivity (Wildman–Crippen MR) is 69.1 cm³/mol. The van der Waals surface area contributed by atoms with Crippen molar-refractivity contribution in [3.63, 3.8) is 0 Å². The molecule has 98 valence electrons. The fraction of sp³-hybridized carbons (Fsp3) is 0.375. The Kier molecular flexibility index (Phi) is 3.86. The molecule has 4 N–H and O–H groups in total. The van der Waals surface area contributed by atoms with E-state index in [1.807, 2.05) is 0 Å². The summed E-state index contributed by atoms with van der Waals surface area (Å²) >= 11 is 1.18. The molecule has 2 heterocycles. The Bertz CT molecular complexity index is 597. The number of aromatic nitrogens is 4. The first-order chi connectivity index (χ1) is 8.47. The monoisotopic (exact) mass is 289 g/mol. The molecule has 0 aliphatic rings. The maximum Gasteiger partial charge on any atom is 0.335 e. The van der Waals surface area contributed by atoms with E-state index in [4.69, 9.17) is 15.5 Å². The molecule has 0 aromatic carbocycles. The lowest BCUT2D eigenvalue weighted by molar-refractivity contribution is 0.379. The van der Waals surface area contributed by atoms with Gasteiger partial charge in [0, 0.05) is 12.3 Å². The number of nitrogens with zero attached hydrogens (tertiary/aromatic N) is 4. The van der Waals surface area contributed by atoms with E-state index in [1.54, 1.807) is 10.9 Å². The number of fused-ring (bicyclic) bond motifs is 1. The number of nitrogens with two attached hydrogens (primary N) is 1. The van der Waals surface area contributed by atoms with Crippen molar-refractivity contribution < 1.29 is 14.4 Å². The molecule has 0 aliphatic carbocycles. The number of thioether (sulfide) groups is 1. The summed E-state index contributed by atoms with van der Waals surface area (Å²) in [5.41, 5.74) is 6.63. The third kappa shape index (κ3) is 3.20. The Labute approximate surface area is 107 Å². The van der Waals surface area contributed by atoms with E-state index in [-0.39, 0.29) is 5.49 Å². The van der Waals surface area contributed by atoms with Crippen LogP contribution in [0.4, 0.5) is 5.82 Å². The molecule has 2 rings (SSSR count). The van der Waals surface area contributed by atoms with Gasteiger partial charge in [0.2, 0.25) is 0 Å². The summed E-state index contributed by atoms with van der Waals surface area (Å²) in [6, 6.07) is 0. The number of hydrogen-bond donors (Lipinski definition) is 3. The third-order valence-electron chi connectivity index (χ3n) is 2.17. The van der Waals surface area contributed by atoms with Crippen LogP contribution in [0.25, 0.3) is 11.2 Å². The van der Waals surface area contributed by atoms with Crippen LogP contribution < -0.4 is 5.73 Å². The number of aryl methyl sites for hydroxylation is 1. The van der Waals surface area contributed by atoms with Gasteiger partial charge in [-0.05, 0) is 0 Å². The van der Waals surface area contributed by atoms with Gasteiger partial charge >= 0.3 is 7.60 Å². The van der Waals surface area contributed by atoms with E-state index in [2.05, 4.69) is 15.0 Å². The van der Waals surface area contributed by atoms with Crippen LogP contribution in [0, 0.1) is 0 Å². The van der Waals surface area contributed by atoms with E-state index >= 15 is 0 Å². The van der Waals surface area contributed by atoms with Gasteiger partial charge in [0.15, 0.2) is 11.5 Å². The number of anilines is 1. The first-order valence-electron chi connectivity index (χ1n) is 5.01. The van der Waals surface area contributed by atoms with E-state index in [0.29, 0.717) is 29.3 Å². The minimum atomic E-state index is -3.94. The van der Waals surface area contributed by atoms with Crippen molar-refractivity contribution in [2.24, 2.45) is 0 Å². The Morgan fingerprint density at radius 1 is 1.39 bits per heavy atom. The summed E-state index contributed by atoms with van der Waals surface area (Å²) in [6.45, 7) is 0.553. The molecule has 0 radical (unpaired) electrons. The Hall–Kier alpha value is -1.15. The van der Waals surface area contributed by atoms with Gasteiger partial charge in [0.1, 0.15) is 11.8 Å². The molecule has 8 nitrogen and oxygen atoms in total. The van der Waals surface area contributed by atoms with Gasteiger partial charge < -0.3 is 20.1 Å². The molecule has 0 atom stereocenters. The van der Waals surface area contributed by atoms with Crippen LogP contribution in [0.1, 0.15) is 0 Å². The largest absolute Gasteiger partial charge is 0.382 e. The summed E-state index contributed by atoms with van der Waals surface area (Å²) in [7, 11) is -3.94. The normalized spacial score (nSPS) is 12.1. The fourth-order valence-corrected chi connectivity index (χ4v) is 3.20. The van der Waals surface area contributed by atoms with Crippen LogP contribution in [0.2, 0.25) is 0 Å². The van der Waals surface area contributed by atoms with Crippen LogP contribution in [-0.4, -0.2) is 40.6 Å². The molecule has 0 amide bonds. The molecule has 2 aromatic rings. The summed E-state index contributed by atoms with van der Waals surface area (Å²) in [4.78, 5) is 29.4. The van der Waals surface area contributed by atoms with Gasteiger partial charge in [-0.3, -0.25) is 4.57 Å². The van der Waals surface area contributed by atoms with E-state index in [9.17, 15) is 4.57 Å². The Morgan fingerprint density at radius 3 is 2.89 bits per heavy atom. The van der Waals surface area contributed by atoms with Crippen molar-refractivity contribution >= 4 is 36.3 Å². The molecule has 0 unspecified atom stereocenters. The highest BCUT2D eigenvalue weighted by molar-refractivity contribution is 8.04. The van der Waals surface area contributed by atoms with Gasteiger partial charge in [0.25, 0.3) is 0 Å². The van der Waals surface area contributed by atoms with Gasteiger partial charge in [-0.2, -0.15) is 0 Å². The van der Waals surface area contributed by atoms with Gasteiger partial charge in [-0.15, -0.1) is 11.8 Å². The van der Waals surface area contributed by atoms with Crippen molar-refractivity contribution in [3.05, 3.63) is 12.7 Å². The number of hydrogen-bond acceptors (Lipinski definition) is 6. The van der Waals surface area contributed by atoms with Crippen molar-refractivity contribution in [3.8, 4) is 0 Å². The molecule has 0 saturated heterocycles. The van der Waals surface area contributed by atoms with Crippen LogP contribution in [-0.2, 0) is 11.1 Å². The lowest BCUT2D eigenvalue weighted by Gasteiger charge is -2.05. The lowest BCUT2D eigenvalue weighted by Crippen LogP contribution is -2.01. The van der Waals surface area contributed by atoms with Gasteiger partial charge in [0.05, 0.1) is 11.8 Å². The summed E-state index contributed by atoms with van der Waals surface area (Å²) < 4.78 is 12.4. The molecule has 0 spiro atoms. The maximum atomic E-state index is 10.7. The molecule has 2 aromatic heterocycles. The third-order valence-corrected chi connectivity index (χ3v) is 4.71.